The molecular formula is C13H15NO4. The summed E-state index contributed by atoms with van der Waals surface area (Å²) in [6.45, 7) is 2.89. The van der Waals surface area contributed by atoms with Crippen molar-refractivity contribution in [2.45, 2.75) is 13.5 Å². The Morgan fingerprint density at radius 2 is 2.33 bits per heavy atom. The summed E-state index contributed by atoms with van der Waals surface area (Å²) in [6.07, 6.45) is 1.57. The molecule has 0 aliphatic carbocycles. The highest BCUT2D eigenvalue weighted by Crippen LogP contribution is 2.26. The standard InChI is InChI=1S/C13H15NO4/c1-9-10(13(15)16)8-11(12-4-3-6-18-12)14(9)5-7-17-2/h3-4,6,8H,5,7H2,1-2H3,(H,15,16). The lowest BCUT2D eigenvalue weighted by atomic mass is 10.2. The molecule has 0 atom stereocenters. The van der Waals surface area contributed by atoms with E-state index in [4.69, 9.17) is 14.3 Å². The van der Waals surface area contributed by atoms with Crippen LogP contribution in [0.25, 0.3) is 11.5 Å². The summed E-state index contributed by atoms with van der Waals surface area (Å²) < 4.78 is 12.3. The van der Waals surface area contributed by atoms with Crippen LogP contribution < -0.4 is 0 Å². The van der Waals surface area contributed by atoms with Crippen molar-refractivity contribution in [2.24, 2.45) is 0 Å². The zero-order chi connectivity index (χ0) is 13.1. The van der Waals surface area contributed by atoms with Gasteiger partial charge in [-0.1, -0.05) is 0 Å². The zero-order valence-electron chi connectivity index (χ0n) is 10.3. The van der Waals surface area contributed by atoms with Crippen molar-refractivity contribution in [3.8, 4) is 11.5 Å². The highest BCUT2D eigenvalue weighted by atomic mass is 16.5. The molecule has 0 aromatic carbocycles. The van der Waals surface area contributed by atoms with Crippen LogP contribution in [0.2, 0.25) is 0 Å². The van der Waals surface area contributed by atoms with Crippen LogP contribution in [0.4, 0.5) is 0 Å². The van der Waals surface area contributed by atoms with Gasteiger partial charge in [0.15, 0.2) is 0 Å². The number of carboxylic acids is 1. The lowest BCUT2D eigenvalue weighted by molar-refractivity contribution is 0.0696. The fourth-order valence-electron chi connectivity index (χ4n) is 1.96. The van der Waals surface area contributed by atoms with Gasteiger partial charge in [-0.3, -0.25) is 0 Å². The maximum Gasteiger partial charge on any atom is 0.337 e. The van der Waals surface area contributed by atoms with Crippen LogP contribution in [0.3, 0.4) is 0 Å². The number of carboxylic acid groups (broad SMARTS) is 1. The van der Waals surface area contributed by atoms with Gasteiger partial charge >= 0.3 is 5.97 Å². The van der Waals surface area contributed by atoms with Crippen LogP contribution >= 0.6 is 0 Å². The average Bonchev–Trinajstić information content (AvgIpc) is 2.94. The minimum Gasteiger partial charge on any atom is -0.478 e. The first-order chi connectivity index (χ1) is 8.65. The monoisotopic (exact) mass is 249 g/mol. The van der Waals surface area contributed by atoms with Gasteiger partial charge in [-0.05, 0) is 25.1 Å². The number of furan rings is 1. The Morgan fingerprint density at radius 1 is 1.56 bits per heavy atom. The normalized spacial score (nSPS) is 10.8. The predicted molar refractivity (Wildman–Crippen MR) is 65.7 cm³/mol. The van der Waals surface area contributed by atoms with E-state index in [0.29, 0.717) is 24.6 Å². The molecule has 0 unspecified atom stereocenters. The molecule has 2 aromatic rings. The van der Waals surface area contributed by atoms with Crippen molar-refractivity contribution in [1.82, 2.24) is 4.57 Å². The fourth-order valence-corrected chi connectivity index (χ4v) is 1.96. The summed E-state index contributed by atoms with van der Waals surface area (Å²) in [5.74, 6) is -0.279. The Morgan fingerprint density at radius 3 is 2.89 bits per heavy atom. The van der Waals surface area contributed by atoms with E-state index in [1.54, 1.807) is 32.4 Å². The SMILES string of the molecule is COCCn1c(-c2ccco2)cc(C(=O)O)c1C. The zero-order valence-corrected chi connectivity index (χ0v) is 10.3. The lowest BCUT2D eigenvalue weighted by Gasteiger charge is -2.09. The molecule has 5 nitrogen and oxygen atoms in total. The molecule has 96 valence electrons. The van der Waals surface area contributed by atoms with Gasteiger partial charge in [-0.25, -0.2) is 4.79 Å². The van der Waals surface area contributed by atoms with Crippen LogP contribution in [0, 0.1) is 6.92 Å². The van der Waals surface area contributed by atoms with Crippen molar-refractivity contribution in [2.75, 3.05) is 13.7 Å². The van der Waals surface area contributed by atoms with E-state index < -0.39 is 5.97 Å². The molecule has 0 saturated heterocycles. The lowest BCUT2D eigenvalue weighted by Crippen LogP contribution is -2.08. The van der Waals surface area contributed by atoms with Crippen LogP contribution in [-0.4, -0.2) is 29.4 Å². The van der Waals surface area contributed by atoms with Gasteiger partial charge in [0, 0.05) is 19.3 Å². The molecule has 0 spiro atoms. The molecule has 2 heterocycles. The average molecular weight is 249 g/mol. The first-order valence-corrected chi connectivity index (χ1v) is 5.61. The number of ether oxygens (including phenoxy) is 1. The van der Waals surface area contributed by atoms with Crippen LogP contribution in [0.5, 0.6) is 0 Å². The van der Waals surface area contributed by atoms with Crippen molar-refractivity contribution < 1.29 is 19.1 Å². The molecule has 0 bridgehead atoms. The molecule has 0 aliphatic rings. The minimum absolute atomic E-state index is 0.289. The molecule has 18 heavy (non-hydrogen) atoms. The van der Waals surface area contributed by atoms with E-state index in [-0.39, 0.29) is 5.56 Å². The first-order valence-electron chi connectivity index (χ1n) is 5.61. The summed E-state index contributed by atoms with van der Waals surface area (Å²) in [5, 5.41) is 9.15. The van der Waals surface area contributed by atoms with Gasteiger partial charge in [0.1, 0.15) is 5.76 Å². The Bertz CT molecular complexity index is 540. The third kappa shape index (κ3) is 2.17. The summed E-state index contributed by atoms with van der Waals surface area (Å²) in [4.78, 5) is 11.2. The molecule has 0 radical (unpaired) electrons. The summed E-state index contributed by atoms with van der Waals surface area (Å²) >= 11 is 0. The number of aromatic nitrogens is 1. The maximum absolute atomic E-state index is 11.2. The van der Waals surface area contributed by atoms with Crippen molar-refractivity contribution >= 4 is 5.97 Å². The van der Waals surface area contributed by atoms with Crippen molar-refractivity contribution in [3.05, 3.63) is 35.7 Å². The van der Waals surface area contributed by atoms with Crippen molar-refractivity contribution in [1.29, 1.82) is 0 Å². The largest absolute Gasteiger partial charge is 0.478 e. The molecule has 5 heteroatoms. The Hall–Kier alpha value is -2.01. The van der Waals surface area contributed by atoms with Gasteiger partial charge in [0.2, 0.25) is 0 Å². The Labute approximate surface area is 105 Å². The van der Waals surface area contributed by atoms with E-state index in [0.717, 1.165) is 5.69 Å². The molecular weight excluding hydrogens is 234 g/mol. The number of hydrogen-bond donors (Lipinski definition) is 1. The second-order valence-electron chi connectivity index (χ2n) is 3.96. The number of aromatic carboxylic acids is 1. The van der Waals surface area contributed by atoms with Gasteiger partial charge in [-0.15, -0.1) is 0 Å². The van der Waals surface area contributed by atoms with E-state index in [9.17, 15) is 4.79 Å². The Kier molecular flexibility index (Phi) is 3.53. The Balaban J connectivity index is 2.49. The van der Waals surface area contributed by atoms with Crippen LogP contribution in [0.15, 0.2) is 28.9 Å². The van der Waals surface area contributed by atoms with Gasteiger partial charge < -0.3 is 18.8 Å². The molecule has 0 amide bonds. The number of carbonyl (C=O) groups is 1. The molecule has 2 rings (SSSR count). The van der Waals surface area contributed by atoms with Gasteiger partial charge in [-0.2, -0.15) is 0 Å². The van der Waals surface area contributed by atoms with E-state index in [2.05, 4.69) is 0 Å². The van der Waals surface area contributed by atoms with E-state index >= 15 is 0 Å². The van der Waals surface area contributed by atoms with Gasteiger partial charge in [0.05, 0.1) is 24.1 Å². The fraction of sp³-hybridized carbons (Fsp3) is 0.308. The third-order valence-corrected chi connectivity index (χ3v) is 2.89. The highest BCUT2D eigenvalue weighted by Gasteiger charge is 2.18. The molecule has 1 N–H and O–H groups in total. The second-order valence-corrected chi connectivity index (χ2v) is 3.96. The number of nitrogens with zero attached hydrogens (tertiary/aromatic N) is 1. The van der Waals surface area contributed by atoms with Crippen LogP contribution in [0.1, 0.15) is 16.1 Å². The topological polar surface area (TPSA) is 64.6 Å². The van der Waals surface area contributed by atoms with Crippen molar-refractivity contribution in [3.63, 3.8) is 0 Å². The molecule has 0 saturated carbocycles. The van der Waals surface area contributed by atoms with E-state index in [1.807, 2.05) is 10.6 Å². The number of rotatable bonds is 5. The summed E-state index contributed by atoms with van der Waals surface area (Å²) in [5.41, 5.74) is 1.75. The summed E-state index contributed by atoms with van der Waals surface area (Å²) in [7, 11) is 1.61. The smallest absolute Gasteiger partial charge is 0.337 e. The van der Waals surface area contributed by atoms with E-state index in [1.165, 1.54) is 0 Å². The van der Waals surface area contributed by atoms with Gasteiger partial charge in [0.25, 0.3) is 0 Å². The third-order valence-electron chi connectivity index (χ3n) is 2.89. The second kappa shape index (κ2) is 5.10. The molecule has 2 aromatic heterocycles. The highest BCUT2D eigenvalue weighted by molar-refractivity contribution is 5.90. The first kappa shape index (κ1) is 12.4. The quantitative estimate of drug-likeness (QED) is 0.883. The molecule has 0 aliphatic heterocycles. The predicted octanol–water partition coefficient (Wildman–Crippen LogP) is 2.40. The number of methoxy groups -OCH3 is 1. The maximum atomic E-state index is 11.2. The molecule has 0 fully saturated rings. The minimum atomic E-state index is -0.934. The number of hydrogen-bond acceptors (Lipinski definition) is 3. The summed E-state index contributed by atoms with van der Waals surface area (Å²) in [6, 6.07) is 5.22. The van der Waals surface area contributed by atoms with Crippen LogP contribution in [-0.2, 0) is 11.3 Å².